The summed E-state index contributed by atoms with van der Waals surface area (Å²) in [5.74, 6) is 0. The van der Waals surface area contributed by atoms with Crippen LogP contribution in [0.5, 0.6) is 0 Å². The minimum atomic E-state index is -2.62. The lowest BCUT2D eigenvalue weighted by Crippen LogP contribution is -2.43. The van der Waals surface area contributed by atoms with Gasteiger partial charge in [-0.1, -0.05) is 0 Å². The Balaban J connectivity index is 4.10. The molecule has 0 radical (unpaired) electrons. The van der Waals surface area contributed by atoms with Gasteiger partial charge in [0.05, 0.1) is 0 Å². The first-order valence-corrected chi connectivity index (χ1v) is 7.21. The van der Waals surface area contributed by atoms with Gasteiger partial charge in [0.15, 0.2) is 0 Å². The van der Waals surface area contributed by atoms with Gasteiger partial charge in [0.1, 0.15) is 0 Å². The van der Waals surface area contributed by atoms with Crippen molar-refractivity contribution in [2.45, 2.75) is 12.5 Å². The van der Waals surface area contributed by atoms with Crippen molar-refractivity contribution in [3.05, 3.63) is 0 Å². The third-order valence-corrected chi connectivity index (χ3v) is 5.24. The van der Waals surface area contributed by atoms with E-state index in [2.05, 4.69) is 4.74 Å². The van der Waals surface area contributed by atoms with Crippen LogP contribution in [0, 0.1) is 0 Å². The van der Waals surface area contributed by atoms with E-state index in [1.54, 1.807) is 0 Å². The quantitative estimate of drug-likeness (QED) is 0.535. The molecule has 0 saturated heterocycles. The van der Waals surface area contributed by atoms with E-state index in [9.17, 15) is 9.59 Å². The molecule has 106 valence electrons. The van der Waals surface area contributed by atoms with Gasteiger partial charge in [-0.2, -0.15) is 0 Å². The number of hydrogen-bond acceptors (Lipinski definition) is 6. The normalized spacial score (nSPS) is 11.1. The fourth-order valence-electron chi connectivity index (χ4n) is 1.34. The maximum absolute atomic E-state index is 11.2. The smallest absolute Gasteiger partial charge is 0.377 e. The van der Waals surface area contributed by atoms with Gasteiger partial charge in [-0.25, -0.2) is 9.59 Å². The average Bonchev–Trinajstić information content (AvgIpc) is 2.34. The first kappa shape index (κ1) is 16.8. The highest BCUT2D eigenvalue weighted by molar-refractivity contribution is 6.60. The predicted molar refractivity (Wildman–Crippen MR) is 64.9 cm³/mol. The summed E-state index contributed by atoms with van der Waals surface area (Å²) in [6, 6.07) is 0.546. The Bertz CT molecular complexity index is 276. The Morgan fingerprint density at radius 3 is 2.06 bits per heavy atom. The molecule has 0 aliphatic rings. The standard InChI is InChI=1S/C9H20N2O6Si/c1-11(9(13)17-8(10)12)6-5-7-18(14-2,15-3)16-4/h5-7H2,1-4H3,(H2,10,12). The molecule has 0 aromatic carbocycles. The zero-order valence-corrected chi connectivity index (χ0v) is 12.1. The van der Waals surface area contributed by atoms with Crippen molar-refractivity contribution in [1.82, 2.24) is 4.90 Å². The number of amides is 2. The molecule has 0 rings (SSSR count). The van der Waals surface area contributed by atoms with Crippen molar-refractivity contribution in [2.75, 3.05) is 34.9 Å². The van der Waals surface area contributed by atoms with Crippen LogP contribution in [0.1, 0.15) is 6.42 Å². The van der Waals surface area contributed by atoms with E-state index in [1.807, 2.05) is 0 Å². The maximum atomic E-state index is 11.2. The molecule has 0 aromatic heterocycles. The highest BCUT2D eigenvalue weighted by Crippen LogP contribution is 2.15. The van der Waals surface area contributed by atoms with Crippen LogP contribution in [0.15, 0.2) is 0 Å². The molecule has 18 heavy (non-hydrogen) atoms. The summed E-state index contributed by atoms with van der Waals surface area (Å²) in [5, 5.41) is 0. The number of nitrogens with two attached hydrogens (primary N) is 1. The molecule has 2 N–H and O–H groups in total. The number of carbonyl (C=O) groups is 2. The number of rotatable bonds is 7. The summed E-state index contributed by atoms with van der Waals surface area (Å²) in [6.07, 6.45) is -1.32. The zero-order valence-electron chi connectivity index (χ0n) is 11.1. The number of hydrogen-bond donors (Lipinski definition) is 1. The molecule has 0 aliphatic heterocycles. The molecular weight excluding hydrogens is 260 g/mol. The fraction of sp³-hybridized carbons (Fsp3) is 0.778. The molecule has 0 aromatic rings. The summed E-state index contributed by atoms with van der Waals surface area (Å²) in [5.41, 5.74) is 4.73. The Morgan fingerprint density at radius 1 is 1.17 bits per heavy atom. The molecule has 0 bridgehead atoms. The van der Waals surface area contributed by atoms with Gasteiger partial charge >= 0.3 is 21.0 Å². The van der Waals surface area contributed by atoms with Crippen LogP contribution in [0.25, 0.3) is 0 Å². The van der Waals surface area contributed by atoms with Crippen molar-refractivity contribution in [3.63, 3.8) is 0 Å². The summed E-state index contributed by atoms with van der Waals surface area (Å²) in [6.45, 7) is 0.372. The summed E-state index contributed by atoms with van der Waals surface area (Å²) < 4.78 is 19.9. The first-order valence-electron chi connectivity index (χ1n) is 5.28. The van der Waals surface area contributed by atoms with Crippen LogP contribution in [0.3, 0.4) is 0 Å². The van der Waals surface area contributed by atoms with Crippen LogP contribution in [-0.2, 0) is 18.0 Å². The fourth-order valence-corrected chi connectivity index (χ4v) is 3.05. The molecule has 0 aliphatic carbocycles. The number of nitrogens with zero attached hydrogens (tertiary/aromatic N) is 1. The predicted octanol–water partition coefficient (Wildman–Crippen LogP) is 0.402. The number of carbonyl (C=O) groups excluding carboxylic acids is 2. The Kier molecular flexibility index (Phi) is 7.51. The van der Waals surface area contributed by atoms with Crippen LogP contribution in [0.4, 0.5) is 9.59 Å². The molecule has 0 heterocycles. The summed E-state index contributed by atoms with van der Waals surface area (Å²) in [4.78, 5) is 22.9. The van der Waals surface area contributed by atoms with Gasteiger partial charge < -0.3 is 28.6 Å². The third-order valence-electron chi connectivity index (χ3n) is 2.41. The lowest BCUT2D eigenvalue weighted by molar-refractivity contribution is 0.117. The van der Waals surface area contributed by atoms with Crippen LogP contribution in [0.2, 0.25) is 6.04 Å². The largest absolute Gasteiger partial charge is 0.500 e. The molecule has 2 amide bonds. The minimum absolute atomic E-state index is 0.372. The van der Waals surface area contributed by atoms with Gasteiger partial charge in [-0.05, 0) is 6.42 Å². The Labute approximate surface area is 107 Å². The molecular formula is C9H20N2O6Si. The number of primary amides is 1. The van der Waals surface area contributed by atoms with Crippen molar-refractivity contribution in [3.8, 4) is 0 Å². The van der Waals surface area contributed by atoms with E-state index < -0.39 is 21.0 Å². The lowest BCUT2D eigenvalue weighted by atomic mass is 10.4. The summed E-state index contributed by atoms with van der Waals surface area (Å²) in [7, 11) is 3.43. The second-order valence-electron chi connectivity index (χ2n) is 3.51. The van der Waals surface area contributed by atoms with E-state index >= 15 is 0 Å². The second-order valence-corrected chi connectivity index (χ2v) is 6.60. The van der Waals surface area contributed by atoms with E-state index in [1.165, 1.54) is 33.3 Å². The summed E-state index contributed by atoms with van der Waals surface area (Å²) >= 11 is 0. The van der Waals surface area contributed by atoms with Gasteiger partial charge in [0.2, 0.25) is 0 Å². The highest BCUT2D eigenvalue weighted by Gasteiger charge is 2.37. The van der Waals surface area contributed by atoms with Gasteiger partial charge in [0.25, 0.3) is 0 Å². The first-order chi connectivity index (χ1) is 8.40. The van der Waals surface area contributed by atoms with Crippen molar-refractivity contribution >= 4 is 21.0 Å². The van der Waals surface area contributed by atoms with Crippen molar-refractivity contribution in [1.29, 1.82) is 0 Å². The topological polar surface area (TPSA) is 100 Å². The molecule has 8 nitrogen and oxygen atoms in total. The molecule has 0 unspecified atom stereocenters. The molecule has 0 fully saturated rings. The van der Waals surface area contributed by atoms with E-state index in [0.717, 1.165) is 0 Å². The second kappa shape index (κ2) is 8.03. The van der Waals surface area contributed by atoms with Gasteiger partial charge in [-0.15, -0.1) is 0 Å². The monoisotopic (exact) mass is 280 g/mol. The third kappa shape index (κ3) is 5.45. The Hall–Kier alpha value is -1.16. The average molecular weight is 280 g/mol. The van der Waals surface area contributed by atoms with Crippen LogP contribution in [-0.4, -0.2) is 60.8 Å². The SMILES string of the molecule is CO[Si](CCCN(C)C(=O)OC(N)=O)(OC)OC. The zero-order chi connectivity index (χ0) is 14.2. The molecule has 0 spiro atoms. The maximum Gasteiger partial charge on any atom is 0.500 e. The van der Waals surface area contributed by atoms with E-state index in [0.29, 0.717) is 19.0 Å². The van der Waals surface area contributed by atoms with Crippen molar-refractivity contribution in [2.24, 2.45) is 5.73 Å². The number of ether oxygens (including phenoxy) is 1. The van der Waals surface area contributed by atoms with E-state index in [4.69, 9.17) is 19.0 Å². The van der Waals surface area contributed by atoms with E-state index in [-0.39, 0.29) is 0 Å². The van der Waals surface area contributed by atoms with Gasteiger partial charge in [-0.3, -0.25) is 0 Å². The van der Waals surface area contributed by atoms with Gasteiger partial charge in [0, 0.05) is 41.0 Å². The molecule has 0 saturated carbocycles. The molecule has 9 heteroatoms. The Morgan fingerprint density at radius 2 is 1.67 bits per heavy atom. The molecule has 0 atom stereocenters. The van der Waals surface area contributed by atoms with Crippen LogP contribution < -0.4 is 5.73 Å². The van der Waals surface area contributed by atoms with Crippen LogP contribution >= 0.6 is 0 Å². The minimum Gasteiger partial charge on any atom is -0.377 e. The lowest BCUT2D eigenvalue weighted by Gasteiger charge is -2.25. The van der Waals surface area contributed by atoms with Crippen molar-refractivity contribution < 1.29 is 27.6 Å². The highest BCUT2D eigenvalue weighted by atomic mass is 28.4.